The third-order valence-electron chi connectivity index (χ3n) is 21.0. The number of rotatable bonds is 45. The van der Waals surface area contributed by atoms with E-state index in [0.717, 1.165) is 42.9 Å². The number of carboxylic acids is 3. The number of aromatic amines is 2. The summed E-state index contributed by atoms with van der Waals surface area (Å²) in [5.74, 6) is -13.5. The second kappa shape index (κ2) is 48.1. The summed E-state index contributed by atoms with van der Waals surface area (Å²) in [5, 5.41) is 58.6. The highest BCUT2D eigenvalue weighted by Gasteiger charge is 2.37. The van der Waals surface area contributed by atoms with Crippen LogP contribution in [0.4, 0.5) is 0 Å². The lowest BCUT2D eigenvalue weighted by atomic mass is 9.84. The topological polar surface area (TPSA) is 547 Å². The number of imidazole rings is 1. The maximum Gasteiger partial charge on any atom is 0.317 e. The first-order valence-corrected chi connectivity index (χ1v) is 41.7. The van der Waals surface area contributed by atoms with Crippen LogP contribution in [-0.2, 0) is 91.2 Å². The highest BCUT2D eigenvalue weighted by atomic mass is 32.2. The van der Waals surface area contributed by atoms with Gasteiger partial charge in [0.1, 0.15) is 54.4 Å². The molecule has 0 bridgehead atoms. The Kier molecular flexibility index (Phi) is 38.4. The van der Waals surface area contributed by atoms with Crippen molar-refractivity contribution in [2.75, 3.05) is 97.1 Å². The second-order valence-electron chi connectivity index (χ2n) is 31.3. The van der Waals surface area contributed by atoms with Gasteiger partial charge in [-0.25, -0.2) is 4.98 Å². The largest absolute Gasteiger partial charge is 0.480 e. The average molecular weight is 1680 g/mol. The van der Waals surface area contributed by atoms with Crippen molar-refractivity contribution in [3.05, 3.63) is 102 Å². The fourth-order valence-corrected chi connectivity index (χ4v) is 15.0. The molecule has 2 aliphatic rings. The van der Waals surface area contributed by atoms with Crippen molar-refractivity contribution in [1.29, 1.82) is 0 Å². The number of benzene rings is 3. The third-order valence-corrected chi connectivity index (χ3v) is 21.6. The summed E-state index contributed by atoms with van der Waals surface area (Å²) in [5.41, 5.74) is 13.5. The number of aliphatic carboxylic acids is 3. The number of aromatic nitrogens is 3. The van der Waals surface area contributed by atoms with Gasteiger partial charge in [0.05, 0.1) is 39.1 Å². The van der Waals surface area contributed by atoms with E-state index < -0.39 is 182 Å². The number of thioether (sulfide) groups is 1. The molecular weight excluding hydrogens is 1560 g/mol. The predicted octanol–water partition coefficient (Wildman–Crippen LogP) is -0.777. The molecule has 1 saturated carbocycles. The Morgan fingerprint density at radius 3 is 1.55 bits per heavy atom. The molecule has 119 heavy (non-hydrogen) atoms. The van der Waals surface area contributed by atoms with Crippen LogP contribution in [0.2, 0.25) is 0 Å². The maximum atomic E-state index is 15.4. The van der Waals surface area contributed by atoms with Crippen LogP contribution in [0.3, 0.4) is 0 Å². The van der Waals surface area contributed by atoms with E-state index in [2.05, 4.69) is 68.1 Å². The van der Waals surface area contributed by atoms with Gasteiger partial charge < -0.3 is 89.9 Å². The zero-order chi connectivity index (χ0) is 86.8. The van der Waals surface area contributed by atoms with Gasteiger partial charge in [-0.2, -0.15) is 11.8 Å². The quantitative estimate of drug-likeness (QED) is 0.0227. The summed E-state index contributed by atoms with van der Waals surface area (Å²) in [6, 6.07) is 7.60. The minimum absolute atomic E-state index is 0.0450. The number of nitrogens with one attached hydrogen (secondary N) is 12. The molecule has 19 N–H and O–H groups in total. The molecule has 0 unspecified atom stereocenters. The van der Waals surface area contributed by atoms with Crippen LogP contribution in [0.5, 0.6) is 0 Å². The van der Waals surface area contributed by atoms with E-state index in [1.165, 1.54) is 31.2 Å². The van der Waals surface area contributed by atoms with E-state index in [4.69, 9.17) is 11.5 Å². The normalized spacial score (nSPS) is 16.6. The molecule has 12 amide bonds. The van der Waals surface area contributed by atoms with Gasteiger partial charge in [-0.15, -0.1) is 0 Å². The van der Waals surface area contributed by atoms with Crippen molar-refractivity contribution in [2.24, 2.45) is 29.2 Å². The van der Waals surface area contributed by atoms with Gasteiger partial charge in [0, 0.05) is 107 Å². The Bertz CT molecular complexity index is 4250. The van der Waals surface area contributed by atoms with Crippen molar-refractivity contribution in [2.45, 2.75) is 172 Å². The summed E-state index contributed by atoms with van der Waals surface area (Å²) < 4.78 is 0. The lowest BCUT2D eigenvalue weighted by molar-refractivity contribution is -0.140. The molecule has 38 heteroatoms. The van der Waals surface area contributed by atoms with Crippen molar-refractivity contribution in [1.82, 2.24) is 87.7 Å². The number of carboxylic acid groups (broad SMARTS) is 3. The lowest BCUT2D eigenvalue weighted by Crippen LogP contribution is -2.60. The first kappa shape index (κ1) is 95.1. The molecule has 9 atom stereocenters. The lowest BCUT2D eigenvalue weighted by Gasteiger charge is -2.33. The maximum absolute atomic E-state index is 15.4. The Balaban J connectivity index is 1.10. The van der Waals surface area contributed by atoms with Gasteiger partial charge in [0.25, 0.3) is 0 Å². The van der Waals surface area contributed by atoms with Crippen LogP contribution in [-0.4, -0.2) is 290 Å². The number of carbonyl (C=O) groups excluding carboxylic acids is 12. The van der Waals surface area contributed by atoms with Crippen molar-refractivity contribution < 1.29 is 87.2 Å². The van der Waals surface area contributed by atoms with Gasteiger partial charge in [0.2, 0.25) is 70.9 Å². The van der Waals surface area contributed by atoms with Gasteiger partial charge >= 0.3 is 17.9 Å². The van der Waals surface area contributed by atoms with Crippen LogP contribution in [0.15, 0.2) is 85.5 Å². The molecule has 7 rings (SSSR count). The molecule has 650 valence electrons. The average Bonchev–Trinajstić information content (AvgIpc) is 1.43. The molecule has 3 heterocycles. The van der Waals surface area contributed by atoms with Crippen LogP contribution in [0.1, 0.15) is 116 Å². The number of primary amides is 2. The fraction of sp³-hybridized carbons (Fsp3) is 0.556. The van der Waals surface area contributed by atoms with Gasteiger partial charge in [0.15, 0.2) is 0 Å². The van der Waals surface area contributed by atoms with Crippen LogP contribution >= 0.6 is 11.8 Å². The summed E-state index contributed by atoms with van der Waals surface area (Å²) >= 11 is 1.45. The monoisotopic (exact) mass is 1680 g/mol. The number of fused-ring (bicyclic) bond motifs is 2. The first-order chi connectivity index (χ1) is 56.7. The molecule has 1 saturated heterocycles. The zero-order valence-corrected chi connectivity index (χ0v) is 69.2. The standard InChI is InChI=1S/C81H117N19O18S/c1-48(2)35-61(77(114)91-59(73(83)110)25-34-119-6)93-80(117)65(39-55-41-84-47-87-55)89-67(102)42-86-81(118)72(49(3)4)96-74(111)50(5)88-76(113)64(38-54-40-85-58-22-13-12-21-57(54)58)94-75(112)60(23-24-66(82)101)92-79(116)63(37-53-19-14-18-52-17-10-11-20-56(52)53)95-78(115)62(36-51-15-8-7-9-16-51)90-68(103)43-97-26-28-98(44-69(104)105)30-32-100(46-71(108)109)33-31-99(29-27-97)45-70(106)107/h10-14,17-22,40-41,47-51,59-65,72,85H,7-9,15-16,23-39,42-46H2,1-6H3,(H2,82,101)(H2,83,110)(H,84,87)(H,86,118)(H,88,113)(H,89,102)(H,90,103)(H,91,114)(H,92,116)(H,93,117)(H,94,112)(H,95,115)(H,96,111)(H,104,105)(H,106,107)(H,108,109)/t50-,59-,60-,61-,62-,63-,64-,65-,72-/m0/s1. The fourth-order valence-electron chi connectivity index (χ4n) is 14.5. The number of hydrogen-bond donors (Lipinski definition) is 17. The van der Waals surface area contributed by atoms with Gasteiger partial charge in [-0.05, 0) is 90.3 Å². The molecule has 2 aromatic heterocycles. The van der Waals surface area contributed by atoms with E-state index in [0.29, 0.717) is 33.5 Å². The summed E-state index contributed by atoms with van der Waals surface area (Å²) in [6.07, 6.45) is 9.49. The molecule has 37 nitrogen and oxygen atoms in total. The van der Waals surface area contributed by atoms with Crippen LogP contribution < -0.4 is 64.6 Å². The molecule has 3 aromatic carbocycles. The SMILES string of the molecule is CSCC[C@H](NC(=O)[C@H](CC(C)C)NC(=O)[C@H](Cc1cnc[nH]1)NC(=O)CNC(=O)[C@@H](NC(=O)[C@H](C)NC(=O)[C@H](Cc1c[nH]c2ccccc12)NC(=O)[C@H](CCC(N)=O)NC(=O)[C@H](Cc1cccc2ccccc12)NC(=O)[C@H](CC1CCCCC1)NC(=O)CN1CCN(CC(=O)O)CCN(CC(=O)O)CCN(CC(=O)O)CC1)C(C)C)C(N)=O. The number of para-hydroxylation sites is 1. The first-order valence-electron chi connectivity index (χ1n) is 40.3. The summed E-state index contributed by atoms with van der Waals surface area (Å²) in [4.78, 5) is 223. The summed E-state index contributed by atoms with van der Waals surface area (Å²) in [7, 11) is 0. The van der Waals surface area contributed by atoms with Gasteiger partial charge in [-0.1, -0.05) is 120 Å². The van der Waals surface area contributed by atoms with E-state index in [9.17, 15) is 72.9 Å². The van der Waals surface area contributed by atoms with Crippen LogP contribution in [0, 0.1) is 17.8 Å². The highest BCUT2D eigenvalue weighted by molar-refractivity contribution is 7.98. The van der Waals surface area contributed by atoms with Crippen molar-refractivity contribution in [3.8, 4) is 0 Å². The van der Waals surface area contributed by atoms with Crippen molar-refractivity contribution in [3.63, 3.8) is 0 Å². The predicted molar refractivity (Wildman–Crippen MR) is 443 cm³/mol. The molecule has 1 aliphatic heterocycles. The van der Waals surface area contributed by atoms with E-state index in [1.807, 2.05) is 44.4 Å². The van der Waals surface area contributed by atoms with Gasteiger partial charge in [-0.3, -0.25) is 91.5 Å². The molecule has 0 radical (unpaired) electrons. The Hall–Kier alpha value is -11.1. The Morgan fingerprint density at radius 1 is 0.496 bits per heavy atom. The zero-order valence-electron chi connectivity index (χ0n) is 68.4. The number of amides is 12. The molecular formula is C81H117N19O18S. The minimum atomic E-state index is -1.65. The molecule has 2 fully saturated rings. The molecule has 5 aromatic rings. The second-order valence-corrected chi connectivity index (χ2v) is 32.2. The number of hydrogen-bond acceptors (Lipinski definition) is 21. The van der Waals surface area contributed by atoms with E-state index >= 15 is 14.4 Å². The number of nitrogens with two attached hydrogens (primary N) is 2. The third kappa shape index (κ3) is 32.3. The molecule has 1 aliphatic carbocycles. The highest BCUT2D eigenvalue weighted by Crippen LogP contribution is 2.28. The number of nitrogens with zero attached hydrogens (tertiary/aromatic N) is 5. The van der Waals surface area contributed by atoms with E-state index in [1.54, 1.807) is 82.1 Å². The van der Waals surface area contributed by atoms with Crippen molar-refractivity contribution >= 4 is 122 Å². The minimum Gasteiger partial charge on any atom is -0.480 e. The summed E-state index contributed by atoms with van der Waals surface area (Å²) in [6.45, 7) is 7.03. The Labute approximate surface area is 695 Å². The molecule has 0 spiro atoms. The number of carbonyl (C=O) groups is 15. The van der Waals surface area contributed by atoms with E-state index in [-0.39, 0.29) is 116 Å². The Morgan fingerprint density at radius 2 is 0.992 bits per heavy atom. The number of H-pyrrole nitrogens is 2. The smallest absolute Gasteiger partial charge is 0.317 e. The van der Waals surface area contributed by atoms with Crippen LogP contribution in [0.25, 0.3) is 21.7 Å².